The van der Waals surface area contributed by atoms with E-state index >= 15 is 0 Å². The van der Waals surface area contributed by atoms with Crippen LogP contribution in [0.2, 0.25) is 0 Å². The molecule has 4 atom stereocenters. The third kappa shape index (κ3) is 2.96. The van der Waals surface area contributed by atoms with Gasteiger partial charge in [-0.15, -0.1) is 0 Å². The topological polar surface area (TPSA) is 38.5 Å². The van der Waals surface area contributed by atoms with Crippen LogP contribution in [-0.2, 0) is 4.74 Å². The zero-order valence-electron chi connectivity index (χ0n) is 10.7. The van der Waals surface area contributed by atoms with Crippen LogP contribution in [0.1, 0.15) is 46.0 Å². The number of nitrogens with two attached hydrogens (primary N) is 1. The van der Waals surface area contributed by atoms with Gasteiger partial charge in [0, 0.05) is 18.6 Å². The van der Waals surface area contributed by atoms with Gasteiger partial charge in [0.25, 0.3) is 0 Å². The van der Waals surface area contributed by atoms with Gasteiger partial charge in [0.1, 0.15) is 0 Å². The number of piperidine rings is 1. The van der Waals surface area contributed by atoms with Gasteiger partial charge in [-0.05, 0) is 46.1 Å². The quantitative estimate of drug-likeness (QED) is 0.797. The van der Waals surface area contributed by atoms with E-state index in [4.69, 9.17) is 10.5 Å². The van der Waals surface area contributed by atoms with Crippen LogP contribution in [0.25, 0.3) is 0 Å². The van der Waals surface area contributed by atoms with E-state index in [9.17, 15) is 0 Å². The molecule has 2 saturated heterocycles. The van der Waals surface area contributed by atoms with Gasteiger partial charge >= 0.3 is 0 Å². The lowest BCUT2D eigenvalue weighted by atomic mass is 9.96. The third-order valence-corrected chi connectivity index (χ3v) is 4.03. The van der Waals surface area contributed by atoms with Crippen LogP contribution < -0.4 is 5.73 Å². The predicted molar refractivity (Wildman–Crippen MR) is 66.4 cm³/mol. The van der Waals surface area contributed by atoms with E-state index in [1.165, 1.54) is 38.6 Å². The highest BCUT2D eigenvalue weighted by Gasteiger charge is 2.30. The molecule has 16 heavy (non-hydrogen) atoms. The maximum absolute atomic E-state index is 6.08. The zero-order valence-corrected chi connectivity index (χ0v) is 10.7. The van der Waals surface area contributed by atoms with Crippen molar-refractivity contribution in [2.75, 3.05) is 13.1 Å². The first kappa shape index (κ1) is 12.3. The molecule has 3 nitrogen and oxygen atoms in total. The number of likely N-dealkylation sites (tertiary alicyclic amines) is 1. The van der Waals surface area contributed by atoms with Crippen molar-refractivity contribution in [3.05, 3.63) is 0 Å². The van der Waals surface area contributed by atoms with Gasteiger partial charge < -0.3 is 10.5 Å². The van der Waals surface area contributed by atoms with E-state index in [2.05, 4.69) is 18.7 Å². The predicted octanol–water partition coefficient (Wildman–Crippen LogP) is 1.76. The van der Waals surface area contributed by atoms with Gasteiger partial charge in [0.15, 0.2) is 0 Å². The lowest BCUT2D eigenvalue weighted by molar-refractivity contribution is 0.0105. The Morgan fingerprint density at radius 2 is 2.12 bits per heavy atom. The molecular formula is C13H26N2O. The Bertz CT molecular complexity index is 220. The lowest BCUT2D eigenvalue weighted by Gasteiger charge is -2.39. The van der Waals surface area contributed by atoms with Crippen molar-refractivity contribution in [3.8, 4) is 0 Å². The molecule has 2 N–H and O–H groups in total. The van der Waals surface area contributed by atoms with Gasteiger partial charge in [-0.3, -0.25) is 4.90 Å². The van der Waals surface area contributed by atoms with Crippen LogP contribution >= 0.6 is 0 Å². The highest BCUT2D eigenvalue weighted by molar-refractivity contribution is 4.85. The molecule has 94 valence electrons. The maximum Gasteiger partial charge on any atom is 0.0706 e. The van der Waals surface area contributed by atoms with Crippen molar-refractivity contribution in [2.45, 2.75) is 70.2 Å². The highest BCUT2D eigenvalue weighted by Crippen LogP contribution is 2.24. The number of hydrogen-bond donors (Lipinski definition) is 1. The summed E-state index contributed by atoms with van der Waals surface area (Å²) in [4.78, 5) is 2.57. The standard InChI is InChI=1S/C13H26N2O/c1-10-6-7-12(16-10)9-15-8-4-3-5-13(15)11(2)14/h10-13H,3-9,14H2,1-2H3. The summed E-state index contributed by atoms with van der Waals surface area (Å²) in [5.74, 6) is 0. The molecule has 0 spiro atoms. The minimum absolute atomic E-state index is 0.291. The second-order valence-corrected chi connectivity index (χ2v) is 5.56. The molecule has 4 unspecified atom stereocenters. The Balaban J connectivity index is 1.86. The Morgan fingerprint density at radius 3 is 2.75 bits per heavy atom. The summed E-state index contributed by atoms with van der Waals surface area (Å²) >= 11 is 0. The number of nitrogens with zero attached hydrogens (tertiary/aromatic N) is 1. The van der Waals surface area contributed by atoms with Crippen LogP contribution in [0, 0.1) is 0 Å². The van der Waals surface area contributed by atoms with Crippen molar-refractivity contribution in [2.24, 2.45) is 5.73 Å². The molecule has 2 heterocycles. The molecule has 0 bridgehead atoms. The average molecular weight is 226 g/mol. The fourth-order valence-electron chi connectivity index (χ4n) is 3.12. The summed E-state index contributed by atoms with van der Waals surface area (Å²) < 4.78 is 5.91. The Morgan fingerprint density at radius 1 is 1.31 bits per heavy atom. The Labute approximate surface area is 99.3 Å². The molecule has 0 aromatic carbocycles. The van der Waals surface area contributed by atoms with Crippen LogP contribution in [0.5, 0.6) is 0 Å². The molecule has 3 heteroatoms. The van der Waals surface area contributed by atoms with Crippen molar-refractivity contribution in [1.82, 2.24) is 4.90 Å². The summed E-state index contributed by atoms with van der Waals surface area (Å²) in [6.45, 7) is 6.62. The molecular weight excluding hydrogens is 200 g/mol. The van der Waals surface area contributed by atoms with Gasteiger partial charge in [0.2, 0.25) is 0 Å². The normalized spacial score (nSPS) is 38.8. The third-order valence-electron chi connectivity index (χ3n) is 4.03. The fraction of sp³-hybridized carbons (Fsp3) is 1.00. The lowest BCUT2D eigenvalue weighted by Crippen LogP contribution is -2.51. The molecule has 0 aromatic heterocycles. The Kier molecular flexibility index (Phi) is 4.22. The minimum Gasteiger partial charge on any atom is -0.374 e. The number of ether oxygens (including phenoxy) is 1. The van der Waals surface area contributed by atoms with Crippen molar-refractivity contribution >= 4 is 0 Å². The van der Waals surface area contributed by atoms with Gasteiger partial charge in [-0.25, -0.2) is 0 Å². The van der Waals surface area contributed by atoms with Gasteiger partial charge in [-0.1, -0.05) is 6.42 Å². The largest absolute Gasteiger partial charge is 0.374 e. The van der Waals surface area contributed by atoms with Crippen molar-refractivity contribution in [1.29, 1.82) is 0 Å². The number of rotatable bonds is 3. The van der Waals surface area contributed by atoms with Gasteiger partial charge in [0.05, 0.1) is 12.2 Å². The SMILES string of the molecule is CC1CCC(CN2CCCCC2C(C)N)O1. The maximum atomic E-state index is 6.08. The molecule has 0 radical (unpaired) electrons. The average Bonchev–Trinajstić information content (AvgIpc) is 2.64. The second-order valence-electron chi connectivity index (χ2n) is 5.56. The zero-order chi connectivity index (χ0) is 11.5. The molecule has 0 aliphatic carbocycles. The van der Waals surface area contributed by atoms with Crippen LogP contribution in [-0.4, -0.2) is 42.3 Å². The minimum atomic E-state index is 0.291. The summed E-state index contributed by atoms with van der Waals surface area (Å²) in [6, 6.07) is 0.868. The molecule has 2 aliphatic heterocycles. The first-order valence-corrected chi connectivity index (χ1v) is 6.82. The summed E-state index contributed by atoms with van der Waals surface area (Å²) in [6.07, 6.45) is 7.29. The highest BCUT2D eigenvalue weighted by atomic mass is 16.5. The van der Waals surface area contributed by atoms with E-state index in [-0.39, 0.29) is 0 Å². The monoisotopic (exact) mass is 226 g/mol. The van der Waals surface area contributed by atoms with E-state index < -0.39 is 0 Å². The molecule has 2 aliphatic rings. The van der Waals surface area contributed by atoms with E-state index in [0.29, 0.717) is 24.3 Å². The molecule has 0 saturated carbocycles. The van der Waals surface area contributed by atoms with Crippen LogP contribution in [0.3, 0.4) is 0 Å². The van der Waals surface area contributed by atoms with E-state index in [1.807, 2.05) is 0 Å². The van der Waals surface area contributed by atoms with Crippen LogP contribution in [0.15, 0.2) is 0 Å². The smallest absolute Gasteiger partial charge is 0.0706 e. The molecule has 0 amide bonds. The second kappa shape index (κ2) is 5.48. The summed E-state index contributed by atoms with van der Waals surface area (Å²) in [5, 5.41) is 0. The van der Waals surface area contributed by atoms with E-state index in [0.717, 1.165) is 6.54 Å². The Hall–Kier alpha value is -0.120. The first-order chi connectivity index (χ1) is 7.66. The number of hydrogen-bond acceptors (Lipinski definition) is 3. The molecule has 0 aromatic rings. The first-order valence-electron chi connectivity index (χ1n) is 6.82. The van der Waals surface area contributed by atoms with Gasteiger partial charge in [-0.2, -0.15) is 0 Å². The fourth-order valence-corrected chi connectivity index (χ4v) is 3.12. The molecule has 2 fully saturated rings. The van der Waals surface area contributed by atoms with Crippen molar-refractivity contribution < 1.29 is 4.74 Å². The van der Waals surface area contributed by atoms with Crippen molar-refractivity contribution in [3.63, 3.8) is 0 Å². The molecule has 2 rings (SSSR count). The summed E-state index contributed by atoms with van der Waals surface area (Å²) in [7, 11) is 0. The van der Waals surface area contributed by atoms with E-state index in [1.54, 1.807) is 0 Å². The van der Waals surface area contributed by atoms with Crippen LogP contribution in [0.4, 0.5) is 0 Å². The summed E-state index contributed by atoms with van der Waals surface area (Å²) in [5.41, 5.74) is 6.08.